The first-order valence-electron chi connectivity index (χ1n) is 5.13. The van der Waals surface area contributed by atoms with E-state index in [9.17, 15) is 0 Å². The average Bonchev–Trinajstić information content (AvgIpc) is 2.19. The second-order valence-electron chi connectivity index (χ2n) is 3.57. The van der Waals surface area contributed by atoms with Crippen LogP contribution < -0.4 is 5.73 Å². The van der Waals surface area contributed by atoms with Gasteiger partial charge in [0.1, 0.15) is 0 Å². The number of hydrogen-bond acceptors (Lipinski definition) is 2. The van der Waals surface area contributed by atoms with E-state index >= 15 is 0 Å². The summed E-state index contributed by atoms with van der Waals surface area (Å²) in [6.07, 6.45) is 1.16. The minimum Gasteiger partial charge on any atom is -0.329 e. The van der Waals surface area contributed by atoms with E-state index < -0.39 is 0 Å². The quantitative estimate of drug-likeness (QED) is 0.807. The van der Waals surface area contributed by atoms with Gasteiger partial charge >= 0.3 is 0 Å². The summed E-state index contributed by atoms with van der Waals surface area (Å²) in [6, 6.07) is 8.68. The molecule has 0 aliphatic heterocycles. The van der Waals surface area contributed by atoms with Crippen LogP contribution in [0.5, 0.6) is 0 Å². The van der Waals surface area contributed by atoms with Crippen LogP contribution in [0.1, 0.15) is 24.5 Å². The topological polar surface area (TPSA) is 26.0 Å². The van der Waals surface area contributed by atoms with Crippen LogP contribution in [0, 0.1) is 6.92 Å². The molecule has 14 heavy (non-hydrogen) atoms. The largest absolute Gasteiger partial charge is 0.329 e. The van der Waals surface area contributed by atoms with Gasteiger partial charge in [0.2, 0.25) is 0 Å². The van der Waals surface area contributed by atoms with Crippen molar-refractivity contribution in [2.75, 3.05) is 6.54 Å². The second-order valence-corrected chi connectivity index (χ2v) is 4.85. The molecule has 78 valence electrons. The van der Waals surface area contributed by atoms with Gasteiger partial charge in [0.15, 0.2) is 0 Å². The van der Waals surface area contributed by atoms with Gasteiger partial charge in [-0.15, -0.1) is 0 Å². The molecule has 2 heteroatoms. The summed E-state index contributed by atoms with van der Waals surface area (Å²) in [5.41, 5.74) is 8.40. The van der Waals surface area contributed by atoms with Gasteiger partial charge in [0.25, 0.3) is 0 Å². The Morgan fingerprint density at radius 3 is 2.79 bits per heavy atom. The molecule has 2 N–H and O–H groups in total. The molecule has 1 aromatic carbocycles. The number of aryl methyl sites for hydroxylation is 1. The molecule has 0 amide bonds. The van der Waals surface area contributed by atoms with Crippen LogP contribution in [-0.2, 0) is 5.75 Å². The van der Waals surface area contributed by atoms with E-state index in [-0.39, 0.29) is 0 Å². The number of thioether (sulfide) groups is 1. The highest BCUT2D eigenvalue weighted by Crippen LogP contribution is 2.19. The Balaban J connectivity index is 2.44. The Labute approximate surface area is 91.1 Å². The van der Waals surface area contributed by atoms with Gasteiger partial charge in [0, 0.05) is 17.5 Å². The molecule has 0 bridgehead atoms. The Morgan fingerprint density at radius 2 is 2.21 bits per heavy atom. The zero-order chi connectivity index (χ0) is 10.4. The minimum absolute atomic E-state index is 0.607. The minimum atomic E-state index is 0.607. The molecule has 0 heterocycles. The van der Waals surface area contributed by atoms with Crippen LogP contribution in [0.4, 0.5) is 0 Å². The van der Waals surface area contributed by atoms with Gasteiger partial charge in [-0.2, -0.15) is 11.8 Å². The zero-order valence-corrected chi connectivity index (χ0v) is 9.81. The highest BCUT2D eigenvalue weighted by atomic mass is 32.2. The van der Waals surface area contributed by atoms with E-state index in [0.29, 0.717) is 5.25 Å². The van der Waals surface area contributed by atoms with E-state index in [4.69, 9.17) is 5.73 Å². The monoisotopic (exact) mass is 209 g/mol. The van der Waals surface area contributed by atoms with E-state index in [1.165, 1.54) is 11.1 Å². The summed E-state index contributed by atoms with van der Waals surface area (Å²) >= 11 is 1.96. The maximum Gasteiger partial charge on any atom is 0.0187 e. The highest BCUT2D eigenvalue weighted by Gasteiger charge is 2.03. The molecular weight excluding hydrogens is 190 g/mol. The third-order valence-corrected chi connectivity index (χ3v) is 3.78. The van der Waals surface area contributed by atoms with Crippen molar-refractivity contribution < 1.29 is 0 Å². The van der Waals surface area contributed by atoms with Crippen LogP contribution in [-0.4, -0.2) is 11.8 Å². The third-order valence-electron chi connectivity index (χ3n) is 2.29. The van der Waals surface area contributed by atoms with E-state index in [2.05, 4.69) is 38.1 Å². The van der Waals surface area contributed by atoms with Gasteiger partial charge in [0.05, 0.1) is 0 Å². The standard InChI is InChI=1S/C12H19NS/c1-3-12(8-13)14-9-11-6-4-5-10(2)7-11/h4-7,12H,3,8-9,13H2,1-2H3. The second kappa shape index (κ2) is 6.10. The fourth-order valence-corrected chi connectivity index (χ4v) is 2.35. The highest BCUT2D eigenvalue weighted by molar-refractivity contribution is 7.99. The lowest BCUT2D eigenvalue weighted by Gasteiger charge is -2.11. The van der Waals surface area contributed by atoms with Crippen molar-refractivity contribution >= 4 is 11.8 Å². The van der Waals surface area contributed by atoms with Gasteiger partial charge < -0.3 is 5.73 Å². The molecule has 0 saturated heterocycles. The lowest BCUT2D eigenvalue weighted by Crippen LogP contribution is -2.15. The Hall–Kier alpha value is -0.470. The van der Waals surface area contributed by atoms with Crippen molar-refractivity contribution in [2.24, 2.45) is 5.73 Å². The summed E-state index contributed by atoms with van der Waals surface area (Å²) in [4.78, 5) is 0. The predicted molar refractivity (Wildman–Crippen MR) is 65.6 cm³/mol. The van der Waals surface area contributed by atoms with Crippen LogP contribution in [0.2, 0.25) is 0 Å². The first-order chi connectivity index (χ1) is 6.76. The van der Waals surface area contributed by atoms with E-state index in [0.717, 1.165) is 18.7 Å². The van der Waals surface area contributed by atoms with Crippen LogP contribution in [0.3, 0.4) is 0 Å². The summed E-state index contributed by atoms with van der Waals surface area (Å²) < 4.78 is 0. The maximum absolute atomic E-state index is 5.66. The van der Waals surface area contributed by atoms with E-state index in [1.807, 2.05) is 11.8 Å². The molecule has 0 saturated carbocycles. The lowest BCUT2D eigenvalue weighted by atomic mass is 10.2. The summed E-state index contributed by atoms with van der Waals surface area (Å²) in [6.45, 7) is 5.11. The van der Waals surface area contributed by atoms with Crippen molar-refractivity contribution in [3.05, 3.63) is 35.4 Å². The zero-order valence-electron chi connectivity index (χ0n) is 8.99. The van der Waals surface area contributed by atoms with Gasteiger partial charge in [-0.1, -0.05) is 36.8 Å². The smallest absolute Gasteiger partial charge is 0.0187 e. The first kappa shape index (κ1) is 11.6. The predicted octanol–water partition coefficient (Wildman–Crippen LogP) is 2.97. The van der Waals surface area contributed by atoms with Crippen molar-refractivity contribution in [3.63, 3.8) is 0 Å². The SMILES string of the molecule is CCC(CN)SCc1cccc(C)c1. The van der Waals surface area contributed by atoms with Gasteiger partial charge in [-0.3, -0.25) is 0 Å². The maximum atomic E-state index is 5.66. The summed E-state index contributed by atoms with van der Waals surface area (Å²) in [7, 11) is 0. The Morgan fingerprint density at radius 1 is 1.43 bits per heavy atom. The molecule has 1 atom stereocenters. The molecular formula is C12H19NS. The molecule has 0 aliphatic rings. The Kier molecular flexibility index (Phi) is 5.05. The van der Waals surface area contributed by atoms with Crippen molar-refractivity contribution in [1.82, 2.24) is 0 Å². The van der Waals surface area contributed by atoms with Gasteiger partial charge in [-0.25, -0.2) is 0 Å². The molecule has 1 rings (SSSR count). The molecule has 0 spiro atoms. The number of benzene rings is 1. The van der Waals surface area contributed by atoms with Crippen molar-refractivity contribution in [1.29, 1.82) is 0 Å². The van der Waals surface area contributed by atoms with Crippen LogP contribution in [0.25, 0.3) is 0 Å². The van der Waals surface area contributed by atoms with E-state index in [1.54, 1.807) is 0 Å². The Bertz CT molecular complexity index is 269. The van der Waals surface area contributed by atoms with Crippen LogP contribution >= 0.6 is 11.8 Å². The normalized spacial score (nSPS) is 12.8. The number of hydrogen-bond donors (Lipinski definition) is 1. The molecule has 0 aromatic heterocycles. The van der Waals surface area contributed by atoms with Crippen molar-refractivity contribution in [2.45, 2.75) is 31.3 Å². The first-order valence-corrected chi connectivity index (χ1v) is 6.18. The molecule has 1 unspecified atom stereocenters. The molecule has 0 fully saturated rings. The van der Waals surface area contributed by atoms with Crippen LogP contribution in [0.15, 0.2) is 24.3 Å². The summed E-state index contributed by atoms with van der Waals surface area (Å²) in [5.74, 6) is 1.08. The number of nitrogens with two attached hydrogens (primary N) is 1. The fourth-order valence-electron chi connectivity index (χ4n) is 1.37. The third kappa shape index (κ3) is 3.72. The number of rotatable bonds is 5. The molecule has 0 radical (unpaired) electrons. The fraction of sp³-hybridized carbons (Fsp3) is 0.500. The molecule has 0 aliphatic carbocycles. The van der Waals surface area contributed by atoms with Gasteiger partial charge in [-0.05, 0) is 18.9 Å². The summed E-state index contributed by atoms with van der Waals surface area (Å²) in [5, 5.41) is 0.607. The molecule has 1 nitrogen and oxygen atoms in total. The lowest BCUT2D eigenvalue weighted by molar-refractivity contribution is 0.826. The molecule has 1 aromatic rings. The van der Waals surface area contributed by atoms with Crippen molar-refractivity contribution in [3.8, 4) is 0 Å². The average molecular weight is 209 g/mol.